The summed E-state index contributed by atoms with van der Waals surface area (Å²) in [6.07, 6.45) is 7.08. The monoisotopic (exact) mass is 262 g/mol. The molecule has 1 saturated heterocycles. The van der Waals surface area contributed by atoms with E-state index < -0.39 is 0 Å². The van der Waals surface area contributed by atoms with Gasteiger partial charge in [-0.25, -0.2) is 4.98 Å². The Morgan fingerprint density at radius 2 is 2.16 bits per heavy atom. The second-order valence-corrected chi connectivity index (χ2v) is 6.10. The molecule has 4 nitrogen and oxygen atoms in total. The summed E-state index contributed by atoms with van der Waals surface area (Å²) in [6.45, 7) is 7.62. The molecular formula is C15H26N4. The average Bonchev–Trinajstić information content (AvgIpc) is 3.02. The van der Waals surface area contributed by atoms with Crippen LogP contribution in [0.4, 0.5) is 5.95 Å². The number of nitrogens with zero attached hydrogens (tertiary/aromatic N) is 3. The first-order valence-corrected chi connectivity index (χ1v) is 7.79. The van der Waals surface area contributed by atoms with Crippen LogP contribution in [0.3, 0.4) is 0 Å². The molecule has 2 fully saturated rings. The van der Waals surface area contributed by atoms with Crippen LogP contribution in [-0.4, -0.2) is 28.7 Å². The maximum absolute atomic E-state index is 6.31. The summed E-state index contributed by atoms with van der Waals surface area (Å²) < 4.78 is 2.29. The highest BCUT2D eigenvalue weighted by Gasteiger charge is 2.39. The van der Waals surface area contributed by atoms with Gasteiger partial charge in [0.1, 0.15) is 0 Å². The summed E-state index contributed by atoms with van der Waals surface area (Å²) in [5, 5.41) is 0. The number of nitrogens with two attached hydrogens (primary N) is 1. The molecule has 106 valence electrons. The van der Waals surface area contributed by atoms with Crippen molar-refractivity contribution < 1.29 is 0 Å². The highest BCUT2D eigenvalue weighted by atomic mass is 15.3. The van der Waals surface area contributed by atoms with Gasteiger partial charge in [0.2, 0.25) is 5.95 Å². The highest BCUT2D eigenvalue weighted by Crippen LogP contribution is 2.37. The van der Waals surface area contributed by atoms with E-state index in [1.165, 1.54) is 30.9 Å². The van der Waals surface area contributed by atoms with Gasteiger partial charge in [0.05, 0.1) is 5.69 Å². The largest absolute Gasteiger partial charge is 0.342 e. The number of fused-ring (bicyclic) bond motifs is 1. The van der Waals surface area contributed by atoms with Crippen molar-refractivity contribution >= 4 is 5.95 Å². The Hall–Kier alpha value is -1.03. The van der Waals surface area contributed by atoms with Gasteiger partial charge in [-0.2, -0.15) is 0 Å². The van der Waals surface area contributed by atoms with Crippen molar-refractivity contribution in [1.29, 1.82) is 0 Å². The van der Waals surface area contributed by atoms with Gasteiger partial charge < -0.3 is 15.2 Å². The van der Waals surface area contributed by atoms with Crippen molar-refractivity contribution in [3.63, 3.8) is 0 Å². The smallest absolute Gasteiger partial charge is 0.205 e. The Morgan fingerprint density at radius 1 is 1.32 bits per heavy atom. The lowest BCUT2D eigenvalue weighted by Gasteiger charge is -2.29. The van der Waals surface area contributed by atoms with Crippen molar-refractivity contribution in [3.8, 4) is 0 Å². The molecule has 0 radical (unpaired) electrons. The zero-order valence-corrected chi connectivity index (χ0v) is 12.2. The van der Waals surface area contributed by atoms with Crippen LogP contribution in [0.2, 0.25) is 0 Å². The molecule has 19 heavy (non-hydrogen) atoms. The number of rotatable bonds is 3. The fourth-order valence-corrected chi connectivity index (χ4v) is 3.79. The molecule has 2 N–H and O–H groups in total. The molecule has 0 spiro atoms. The third-order valence-electron chi connectivity index (χ3n) is 4.95. The molecule has 4 heteroatoms. The first-order chi connectivity index (χ1) is 9.22. The summed E-state index contributed by atoms with van der Waals surface area (Å²) in [4.78, 5) is 7.29. The maximum atomic E-state index is 6.31. The van der Waals surface area contributed by atoms with Gasteiger partial charge in [-0.3, -0.25) is 0 Å². The topological polar surface area (TPSA) is 47.1 Å². The van der Waals surface area contributed by atoms with Gasteiger partial charge in [-0.05, 0) is 38.0 Å². The van der Waals surface area contributed by atoms with Gasteiger partial charge in [0.15, 0.2) is 0 Å². The fraction of sp³-hybridized carbons (Fsp3) is 0.800. The molecule has 3 unspecified atom stereocenters. The predicted molar refractivity (Wildman–Crippen MR) is 78.3 cm³/mol. The maximum Gasteiger partial charge on any atom is 0.205 e. The summed E-state index contributed by atoms with van der Waals surface area (Å²) in [5.41, 5.74) is 7.51. The van der Waals surface area contributed by atoms with Crippen LogP contribution in [0.15, 0.2) is 6.20 Å². The highest BCUT2D eigenvalue weighted by molar-refractivity contribution is 5.36. The first kappa shape index (κ1) is 13.0. The van der Waals surface area contributed by atoms with Gasteiger partial charge in [0, 0.05) is 31.9 Å². The van der Waals surface area contributed by atoms with Crippen molar-refractivity contribution in [1.82, 2.24) is 9.55 Å². The normalized spacial score (nSPS) is 30.7. The molecule has 2 aliphatic rings. The summed E-state index contributed by atoms with van der Waals surface area (Å²) in [5.74, 6) is 2.64. The van der Waals surface area contributed by atoms with Crippen LogP contribution < -0.4 is 10.6 Å². The fourth-order valence-electron chi connectivity index (χ4n) is 3.79. The number of hydrogen-bond donors (Lipinski definition) is 1. The molecule has 1 aromatic heterocycles. The van der Waals surface area contributed by atoms with Crippen LogP contribution >= 0.6 is 0 Å². The zero-order valence-electron chi connectivity index (χ0n) is 12.2. The van der Waals surface area contributed by atoms with E-state index >= 15 is 0 Å². The Balaban J connectivity index is 1.82. The second kappa shape index (κ2) is 5.16. The number of aromatic nitrogens is 2. The number of aryl methyl sites for hydroxylation is 2. The lowest BCUT2D eigenvalue weighted by Crippen LogP contribution is -2.38. The van der Waals surface area contributed by atoms with Crippen LogP contribution in [0.5, 0.6) is 0 Å². The molecule has 3 rings (SSSR count). The van der Waals surface area contributed by atoms with Crippen molar-refractivity contribution in [2.24, 2.45) is 17.6 Å². The third-order valence-corrected chi connectivity index (χ3v) is 4.95. The van der Waals surface area contributed by atoms with E-state index in [2.05, 4.69) is 29.5 Å². The van der Waals surface area contributed by atoms with Crippen LogP contribution in [0.25, 0.3) is 0 Å². The van der Waals surface area contributed by atoms with Crippen LogP contribution in [0, 0.1) is 11.8 Å². The Bertz CT molecular complexity index is 439. The molecule has 1 aliphatic heterocycles. The SMILES string of the molecule is CCc1cn(CC)c(N2CC3CCCC(N)C3C2)n1. The van der Waals surface area contributed by atoms with E-state index in [0.29, 0.717) is 12.0 Å². The van der Waals surface area contributed by atoms with Gasteiger partial charge >= 0.3 is 0 Å². The summed E-state index contributed by atoms with van der Waals surface area (Å²) in [6, 6.07) is 0.402. The first-order valence-electron chi connectivity index (χ1n) is 7.79. The number of hydrogen-bond acceptors (Lipinski definition) is 3. The number of anilines is 1. The minimum Gasteiger partial charge on any atom is -0.342 e. The van der Waals surface area contributed by atoms with Crippen molar-refractivity contribution in [3.05, 3.63) is 11.9 Å². The molecule has 3 atom stereocenters. The van der Waals surface area contributed by atoms with E-state index in [1.54, 1.807) is 0 Å². The molecule has 1 saturated carbocycles. The Kier molecular flexibility index (Phi) is 3.52. The van der Waals surface area contributed by atoms with Crippen molar-refractivity contribution in [2.75, 3.05) is 18.0 Å². The standard InChI is InChI=1S/C15H26N4/c1-3-12-9-18(4-2)15(17-12)19-8-11-6-5-7-14(16)13(11)10-19/h9,11,13-14H,3-8,10,16H2,1-2H3. The minimum absolute atomic E-state index is 0.402. The Labute approximate surface area is 116 Å². The van der Waals surface area contributed by atoms with Crippen LogP contribution in [0.1, 0.15) is 38.8 Å². The minimum atomic E-state index is 0.402. The number of imidazole rings is 1. The molecule has 1 aromatic rings. The third kappa shape index (κ3) is 2.27. The Morgan fingerprint density at radius 3 is 2.84 bits per heavy atom. The zero-order chi connectivity index (χ0) is 13.4. The quantitative estimate of drug-likeness (QED) is 0.906. The van der Waals surface area contributed by atoms with E-state index in [0.717, 1.165) is 32.0 Å². The molecule has 1 aliphatic carbocycles. The van der Waals surface area contributed by atoms with E-state index in [-0.39, 0.29) is 0 Å². The predicted octanol–water partition coefficient (Wildman–Crippen LogP) is 2.03. The van der Waals surface area contributed by atoms with Crippen LogP contribution in [-0.2, 0) is 13.0 Å². The molecule has 2 heterocycles. The lowest BCUT2D eigenvalue weighted by molar-refractivity contribution is 0.260. The lowest BCUT2D eigenvalue weighted by atomic mass is 9.78. The van der Waals surface area contributed by atoms with E-state index in [1.807, 2.05) is 0 Å². The van der Waals surface area contributed by atoms with E-state index in [9.17, 15) is 0 Å². The molecule has 0 bridgehead atoms. The summed E-state index contributed by atoms with van der Waals surface area (Å²) in [7, 11) is 0. The molecular weight excluding hydrogens is 236 g/mol. The van der Waals surface area contributed by atoms with Crippen molar-refractivity contribution in [2.45, 2.75) is 52.1 Å². The van der Waals surface area contributed by atoms with Gasteiger partial charge in [-0.15, -0.1) is 0 Å². The summed E-state index contributed by atoms with van der Waals surface area (Å²) >= 11 is 0. The average molecular weight is 262 g/mol. The second-order valence-electron chi connectivity index (χ2n) is 6.10. The van der Waals surface area contributed by atoms with E-state index in [4.69, 9.17) is 10.7 Å². The van der Waals surface area contributed by atoms with Gasteiger partial charge in [0.25, 0.3) is 0 Å². The molecule has 0 amide bonds. The molecule has 0 aromatic carbocycles. The van der Waals surface area contributed by atoms with Gasteiger partial charge in [-0.1, -0.05) is 13.3 Å².